The Labute approximate surface area is 73.6 Å². The maximum atomic E-state index is 13.3. The van der Waals surface area contributed by atoms with Crippen LogP contribution in [-0.2, 0) is 6.42 Å². The summed E-state index contributed by atoms with van der Waals surface area (Å²) in [5.41, 5.74) is 0.880. The van der Waals surface area contributed by atoms with Crippen LogP contribution in [0, 0.1) is 5.82 Å². The summed E-state index contributed by atoms with van der Waals surface area (Å²) in [5, 5.41) is 0. The first-order valence-electron chi connectivity index (χ1n) is 3.58. The lowest BCUT2D eigenvalue weighted by Crippen LogP contribution is -1.89. The van der Waals surface area contributed by atoms with Crippen molar-refractivity contribution in [3.8, 4) is 5.75 Å². The van der Waals surface area contributed by atoms with Gasteiger partial charge in [0, 0.05) is 24.0 Å². The van der Waals surface area contributed by atoms with E-state index in [2.05, 4.69) is 0 Å². The molecule has 0 spiro atoms. The fraction of sp³-hybridized carbons (Fsp3) is 0.250. The van der Waals surface area contributed by atoms with Crippen molar-refractivity contribution in [2.45, 2.75) is 11.3 Å². The summed E-state index contributed by atoms with van der Waals surface area (Å²) in [7, 11) is 0. The molecule has 1 aromatic rings. The Morgan fingerprint density at radius 3 is 3.08 bits per heavy atom. The minimum atomic E-state index is -0.447. The molecule has 0 aliphatic carbocycles. The first kappa shape index (κ1) is 7.89. The van der Waals surface area contributed by atoms with E-state index in [1.807, 2.05) is 0 Å². The van der Waals surface area contributed by atoms with Gasteiger partial charge in [-0.3, -0.25) is 0 Å². The molecule has 0 saturated carbocycles. The SMILES string of the molecule is OSc1ccc2c(c1F)OCC2. The molecule has 0 amide bonds. The molecule has 0 atom stereocenters. The van der Waals surface area contributed by atoms with E-state index in [4.69, 9.17) is 9.29 Å². The molecular weight excluding hydrogens is 179 g/mol. The summed E-state index contributed by atoms with van der Waals surface area (Å²) in [6, 6.07) is 3.34. The number of hydrogen-bond acceptors (Lipinski definition) is 3. The molecule has 1 aromatic carbocycles. The van der Waals surface area contributed by atoms with Gasteiger partial charge in [-0.1, -0.05) is 6.07 Å². The van der Waals surface area contributed by atoms with Crippen LogP contribution in [0.25, 0.3) is 0 Å². The summed E-state index contributed by atoms with van der Waals surface area (Å²) in [6.07, 6.45) is 0.753. The number of ether oxygens (including phenoxy) is 1. The minimum Gasteiger partial charge on any atom is -0.490 e. The van der Waals surface area contributed by atoms with Crippen molar-refractivity contribution in [3.63, 3.8) is 0 Å². The van der Waals surface area contributed by atoms with Gasteiger partial charge >= 0.3 is 0 Å². The zero-order valence-electron chi connectivity index (χ0n) is 6.21. The Balaban J connectivity index is 2.54. The van der Waals surface area contributed by atoms with Crippen molar-refractivity contribution < 1.29 is 13.7 Å². The summed E-state index contributed by atoms with van der Waals surface area (Å²) < 4.78 is 27.0. The third-order valence-electron chi connectivity index (χ3n) is 1.86. The summed E-state index contributed by atoms with van der Waals surface area (Å²) >= 11 is 0.406. The van der Waals surface area contributed by atoms with Crippen LogP contribution in [0.1, 0.15) is 5.56 Å². The number of halogens is 1. The number of hydrogen-bond donors (Lipinski definition) is 1. The Kier molecular flexibility index (Phi) is 1.94. The first-order chi connectivity index (χ1) is 5.83. The largest absolute Gasteiger partial charge is 0.490 e. The van der Waals surface area contributed by atoms with Crippen molar-refractivity contribution >= 4 is 12.0 Å². The second-order valence-electron chi connectivity index (χ2n) is 2.56. The minimum absolute atomic E-state index is 0.218. The van der Waals surface area contributed by atoms with Gasteiger partial charge in [0.15, 0.2) is 11.6 Å². The van der Waals surface area contributed by atoms with E-state index in [0.717, 1.165) is 12.0 Å². The number of fused-ring (bicyclic) bond motifs is 1. The quantitative estimate of drug-likeness (QED) is 0.682. The third kappa shape index (κ3) is 1.07. The van der Waals surface area contributed by atoms with Crippen LogP contribution < -0.4 is 4.74 Å². The van der Waals surface area contributed by atoms with Crippen molar-refractivity contribution in [3.05, 3.63) is 23.5 Å². The Hall–Kier alpha value is -0.740. The number of rotatable bonds is 1. The molecular formula is C8H7FO2S. The van der Waals surface area contributed by atoms with E-state index in [9.17, 15) is 4.39 Å². The normalized spacial score (nSPS) is 14.2. The van der Waals surface area contributed by atoms with Gasteiger partial charge in [0.1, 0.15) is 0 Å². The summed E-state index contributed by atoms with van der Waals surface area (Å²) in [5.74, 6) is -0.147. The fourth-order valence-corrected chi connectivity index (χ4v) is 1.57. The molecule has 1 N–H and O–H groups in total. The van der Waals surface area contributed by atoms with E-state index >= 15 is 0 Å². The van der Waals surface area contributed by atoms with Gasteiger partial charge in [0.25, 0.3) is 0 Å². The standard InChI is InChI=1S/C8H7FO2S/c9-7-6(12-10)2-1-5-3-4-11-8(5)7/h1-2,10H,3-4H2. The van der Waals surface area contributed by atoms with Crippen LogP contribution in [0.5, 0.6) is 5.75 Å². The highest BCUT2D eigenvalue weighted by Crippen LogP contribution is 2.33. The molecule has 1 aliphatic rings. The van der Waals surface area contributed by atoms with Gasteiger partial charge in [-0.15, -0.1) is 0 Å². The van der Waals surface area contributed by atoms with Gasteiger partial charge < -0.3 is 9.29 Å². The van der Waals surface area contributed by atoms with Gasteiger partial charge in [-0.25, -0.2) is 4.39 Å². The van der Waals surface area contributed by atoms with E-state index in [0.29, 0.717) is 24.4 Å². The number of benzene rings is 1. The van der Waals surface area contributed by atoms with E-state index in [1.54, 1.807) is 12.1 Å². The maximum Gasteiger partial charge on any atom is 0.181 e. The monoisotopic (exact) mass is 186 g/mol. The van der Waals surface area contributed by atoms with Crippen molar-refractivity contribution in [1.82, 2.24) is 0 Å². The molecule has 0 fully saturated rings. The van der Waals surface area contributed by atoms with Crippen LogP contribution in [0.15, 0.2) is 17.0 Å². The van der Waals surface area contributed by atoms with E-state index in [1.165, 1.54) is 0 Å². The van der Waals surface area contributed by atoms with Crippen molar-refractivity contribution in [2.75, 3.05) is 6.61 Å². The molecule has 1 aliphatic heterocycles. The molecule has 0 aromatic heterocycles. The lowest BCUT2D eigenvalue weighted by atomic mass is 10.2. The molecule has 0 saturated heterocycles. The van der Waals surface area contributed by atoms with Crippen LogP contribution in [0.2, 0.25) is 0 Å². The zero-order valence-corrected chi connectivity index (χ0v) is 7.03. The second kappa shape index (κ2) is 2.95. The average molecular weight is 186 g/mol. The molecule has 2 nitrogen and oxygen atoms in total. The predicted octanol–water partition coefficient (Wildman–Crippen LogP) is 2.33. The fourth-order valence-electron chi connectivity index (χ4n) is 1.26. The van der Waals surface area contributed by atoms with E-state index in [-0.39, 0.29) is 4.90 Å². The third-order valence-corrected chi connectivity index (χ3v) is 2.37. The van der Waals surface area contributed by atoms with Crippen LogP contribution in [-0.4, -0.2) is 11.2 Å². The Bertz CT molecular complexity index is 314. The van der Waals surface area contributed by atoms with Crippen molar-refractivity contribution in [1.29, 1.82) is 0 Å². The van der Waals surface area contributed by atoms with Crippen LogP contribution in [0.3, 0.4) is 0 Å². The molecule has 0 unspecified atom stereocenters. The maximum absolute atomic E-state index is 13.3. The topological polar surface area (TPSA) is 29.5 Å². The zero-order chi connectivity index (χ0) is 8.55. The molecule has 4 heteroatoms. The molecule has 64 valence electrons. The predicted molar refractivity (Wildman–Crippen MR) is 44.1 cm³/mol. The second-order valence-corrected chi connectivity index (χ2v) is 3.18. The highest BCUT2D eigenvalue weighted by atomic mass is 32.2. The molecule has 0 bridgehead atoms. The Morgan fingerprint density at radius 2 is 2.33 bits per heavy atom. The summed E-state index contributed by atoms with van der Waals surface area (Å²) in [6.45, 7) is 0.534. The van der Waals surface area contributed by atoms with Gasteiger partial charge in [0.05, 0.1) is 11.5 Å². The summed E-state index contributed by atoms with van der Waals surface area (Å²) in [4.78, 5) is 0.218. The van der Waals surface area contributed by atoms with Gasteiger partial charge in [-0.2, -0.15) is 0 Å². The van der Waals surface area contributed by atoms with Gasteiger partial charge in [-0.05, 0) is 6.07 Å². The van der Waals surface area contributed by atoms with E-state index < -0.39 is 5.82 Å². The lowest BCUT2D eigenvalue weighted by Gasteiger charge is -2.02. The average Bonchev–Trinajstić information content (AvgIpc) is 2.53. The van der Waals surface area contributed by atoms with Gasteiger partial charge in [0.2, 0.25) is 0 Å². The first-order valence-corrected chi connectivity index (χ1v) is 4.36. The molecule has 1 heterocycles. The highest BCUT2D eigenvalue weighted by Gasteiger charge is 2.19. The highest BCUT2D eigenvalue weighted by molar-refractivity contribution is 7.93. The Morgan fingerprint density at radius 1 is 1.50 bits per heavy atom. The van der Waals surface area contributed by atoms with Crippen molar-refractivity contribution in [2.24, 2.45) is 0 Å². The molecule has 2 rings (SSSR count). The van der Waals surface area contributed by atoms with Crippen LogP contribution in [0.4, 0.5) is 4.39 Å². The molecule has 12 heavy (non-hydrogen) atoms. The molecule has 0 radical (unpaired) electrons. The van der Waals surface area contributed by atoms with Crippen LogP contribution >= 0.6 is 12.0 Å². The smallest absolute Gasteiger partial charge is 0.181 e. The lowest BCUT2D eigenvalue weighted by molar-refractivity contribution is 0.336.